The van der Waals surface area contributed by atoms with Gasteiger partial charge in [0.05, 0.1) is 6.61 Å². The van der Waals surface area contributed by atoms with Crippen molar-refractivity contribution in [1.29, 1.82) is 0 Å². The van der Waals surface area contributed by atoms with Crippen molar-refractivity contribution in [2.24, 2.45) is 0 Å². The Morgan fingerprint density at radius 3 is 3.00 bits per heavy atom. The molecule has 1 heterocycles. The molecule has 0 spiro atoms. The van der Waals surface area contributed by atoms with Crippen molar-refractivity contribution in [3.63, 3.8) is 0 Å². The summed E-state index contributed by atoms with van der Waals surface area (Å²) in [5, 5.41) is 1.01. The monoisotopic (exact) mass is 241 g/mol. The summed E-state index contributed by atoms with van der Waals surface area (Å²) in [7, 11) is 1.77. The molecule has 1 aliphatic carbocycles. The highest BCUT2D eigenvalue weighted by Gasteiger charge is 2.25. The van der Waals surface area contributed by atoms with Crippen molar-refractivity contribution in [3.05, 3.63) is 22.4 Å². The molecule has 0 fully saturated rings. The van der Waals surface area contributed by atoms with E-state index >= 15 is 0 Å². The van der Waals surface area contributed by atoms with Gasteiger partial charge in [0.2, 0.25) is 0 Å². The van der Waals surface area contributed by atoms with Crippen molar-refractivity contribution < 1.29 is 4.74 Å². The first-order valence-corrected chi connectivity index (χ1v) is 6.44. The third-order valence-corrected chi connectivity index (χ3v) is 3.73. The van der Waals surface area contributed by atoms with E-state index in [0.717, 1.165) is 31.0 Å². The van der Waals surface area contributed by atoms with E-state index in [2.05, 4.69) is 17.9 Å². The zero-order chi connectivity index (χ0) is 11.5. The second kappa shape index (κ2) is 5.24. The molecule has 0 saturated carbocycles. The summed E-state index contributed by atoms with van der Waals surface area (Å²) in [5.41, 5.74) is 2.95. The molecule has 0 saturated heterocycles. The second-order valence-electron chi connectivity index (χ2n) is 4.66. The molecule has 0 bridgehead atoms. The van der Waals surface area contributed by atoms with Crippen molar-refractivity contribution in [2.45, 2.75) is 38.6 Å². The largest absolute Gasteiger partial charge is 0.383 e. The van der Waals surface area contributed by atoms with Gasteiger partial charge in [0.15, 0.2) is 0 Å². The van der Waals surface area contributed by atoms with Crippen LogP contribution in [0.5, 0.6) is 0 Å². The van der Waals surface area contributed by atoms with Gasteiger partial charge in [0.25, 0.3) is 0 Å². The average Bonchev–Trinajstić information content (AvgIpc) is 2.28. The molecule has 0 aromatic carbocycles. The molecule has 0 aromatic rings. The maximum atomic E-state index is 6.11. The Morgan fingerprint density at radius 2 is 2.25 bits per heavy atom. The van der Waals surface area contributed by atoms with Crippen molar-refractivity contribution >= 4 is 11.6 Å². The molecule has 2 nitrogen and oxygen atoms in total. The average molecular weight is 242 g/mol. The van der Waals surface area contributed by atoms with E-state index in [9.17, 15) is 0 Å². The minimum Gasteiger partial charge on any atom is -0.383 e. The van der Waals surface area contributed by atoms with Gasteiger partial charge in [-0.1, -0.05) is 11.6 Å². The van der Waals surface area contributed by atoms with Crippen LogP contribution in [-0.4, -0.2) is 31.2 Å². The van der Waals surface area contributed by atoms with E-state index in [1.807, 2.05) is 0 Å². The van der Waals surface area contributed by atoms with Gasteiger partial charge in [-0.3, -0.25) is 0 Å². The second-order valence-corrected chi connectivity index (χ2v) is 5.15. The molecule has 2 rings (SSSR count). The number of allylic oxidation sites excluding steroid dienone is 4. The van der Waals surface area contributed by atoms with Crippen LogP contribution in [-0.2, 0) is 4.74 Å². The van der Waals surface area contributed by atoms with Crippen LogP contribution in [0.4, 0.5) is 0 Å². The summed E-state index contributed by atoms with van der Waals surface area (Å²) < 4.78 is 5.25. The molecule has 2 aliphatic rings. The zero-order valence-electron chi connectivity index (χ0n) is 10.1. The quantitative estimate of drug-likeness (QED) is 0.752. The molecule has 0 N–H and O–H groups in total. The van der Waals surface area contributed by atoms with Crippen molar-refractivity contribution in [3.8, 4) is 0 Å². The Hall–Kier alpha value is -0.470. The Kier molecular flexibility index (Phi) is 3.93. The molecule has 0 unspecified atom stereocenters. The normalized spacial score (nSPS) is 22.9. The van der Waals surface area contributed by atoms with Crippen molar-refractivity contribution in [1.82, 2.24) is 4.90 Å². The fraction of sp³-hybridized carbons (Fsp3) is 0.692. The predicted molar refractivity (Wildman–Crippen MR) is 67.5 cm³/mol. The SMILES string of the molecule is COC[C@@H](C)N1CCCC2=C1CCC(Cl)=C2. The Balaban J connectivity index is 2.18. The lowest BCUT2D eigenvalue weighted by Crippen LogP contribution is -2.39. The zero-order valence-corrected chi connectivity index (χ0v) is 10.9. The lowest BCUT2D eigenvalue weighted by atomic mass is 9.93. The first-order chi connectivity index (χ1) is 7.72. The summed E-state index contributed by atoms with van der Waals surface area (Å²) in [6, 6.07) is 0.473. The van der Waals surface area contributed by atoms with Gasteiger partial charge in [-0.25, -0.2) is 0 Å². The number of hydrogen-bond acceptors (Lipinski definition) is 2. The number of ether oxygens (including phenoxy) is 1. The predicted octanol–water partition coefficient (Wildman–Crippen LogP) is 3.29. The van der Waals surface area contributed by atoms with Gasteiger partial charge >= 0.3 is 0 Å². The third kappa shape index (κ3) is 2.44. The highest BCUT2D eigenvalue weighted by atomic mass is 35.5. The number of hydrogen-bond donors (Lipinski definition) is 0. The topological polar surface area (TPSA) is 12.5 Å². The number of halogens is 1. The highest BCUT2D eigenvalue weighted by Crippen LogP contribution is 2.34. The Labute approximate surface area is 103 Å². The van der Waals surface area contributed by atoms with Crippen LogP contribution in [0.25, 0.3) is 0 Å². The molecular weight excluding hydrogens is 222 g/mol. The molecule has 0 aromatic heterocycles. The smallest absolute Gasteiger partial charge is 0.0663 e. The van der Waals surface area contributed by atoms with E-state index in [-0.39, 0.29) is 0 Å². The maximum absolute atomic E-state index is 6.11. The minimum atomic E-state index is 0.473. The minimum absolute atomic E-state index is 0.473. The van der Waals surface area contributed by atoms with Gasteiger partial charge in [-0.05, 0) is 44.3 Å². The van der Waals surface area contributed by atoms with E-state index in [1.165, 1.54) is 24.1 Å². The fourth-order valence-corrected chi connectivity index (χ4v) is 2.91. The van der Waals surface area contributed by atoms with Gasteiger partial charge in [0.1, 0.15) is 0 Å². The van der Waals surface area contributed by atoms with Gasteiger partial charge < -0.3 is 9.64 Å². The van der Waals surface area contributed by atoms with Crippen LogP contribution in [0, 0.1) is 0 Å². The van der Waals surface area contributed by atoms with Gasteiger partial charge in [0, 0.05) is 30.4 Å². The molecule has 16 heavy (non-hydrogen) atoms. The van der Waals surface area contributed by atoms with Crippen LogP contribution in [0.15, 0.2) is 22.4 Å². The van der Waals surface area contributed by atoms with Crippen LogP contribution >= 0.6 is 11.6 Å². The molecular formula is C13H20ClNO. The number of methoxy groups -OCH3 is 1. The van der Waals surface area contributed by atoms with Crippen LogP contribution in [0.1, 0.15) is 32.6 Å². The molecule has 1 atom stereocenters. The lowest BCUT2D eigenvalue weighted by molar-refractivity contribution is 0.112. The van der Waals surface area contributed by atoms with E-state index in [0.29, 0.717) is 6.04 Å². The van der Waals surface area contributed by atoms with Gasteiger partial charge in [-0.15, -0.1) is 0 Å². The van der Waals surface area contributed by atoms with Crippen LogP contribution in [0.3, 0.4) is 0 Å². The summed E-state index contributed by atoms with van der Waals surface area (Å²) in [6.45, 7) is 4.20. The van der Waals surface area contributed by atoms with E-state index < -0.39 is 0 Å². The number of rotatable bonds is 3. The van der Waals surface area contributed by atoms with Gasteiger partial charge in [-0.2, -0.15) is 0 Å². The summed E-state index contributed by atoms with van der Waals surface area (Å²) in [5.74, 6) is 0. The third-order valence-electron chi connectivity index (χ3n) is 3.43. The van der Waals surface area contributed by atoms with E-state index in [1.54, 1.807) is 7.11 Å². The molecule has 0 radical (unpaired) electrons. The molecule has 90 valence electrons. The fourth-order valence-electron chi connectivity index (χ4n) is 2.68. The summed E-state index contributed by atoms with van der Waals surface area (Å²) in [6.07, 6.45) is 6.68. The Bertz CT molecular complexity index is 322. The van der Waals surface area contributed by atoms with E-state index in [4.69, 9.17) is 16.3 Å². The lowest BCUT2D eigenvalue weighted by Gasteiger charge is -2.39. The summed E-state index contributed by atoms with van der Waals surface area (Å²) >= 11 is 6.11. The standard InChI is InChI=1S/C13H20ClNO/c1-10(9-16-2)15-7-3-4-11-8-12(14)5-6-13(11)15/h8,10H,3-7,9H2,1-2H3/t10-/m1/s1. The number of nitrogens with zero attached hydrogens (tertiary/aromatic N) is 1. The molecule has 0 amide bonds. The first kappa shape index (κ1) is 12.0. The highest BCUT2D eigenvalue weighted by molar-refractivity contribution is 6.29. The van der Waals surface area contributed by atoms with Crippen LogP contribution < -0.4 is 0 Å². The van der Waals surface area contributed by atoms with Crippen LogP contribution in [0.2, 0.25) is 0 Å². The maximum Gasteiger partial charge on any atom is 0.0663 e. The first-order valence-electron chi connectivity index (χ1n) is 6.06. The summed E-state index contributed by atoms with van der Waals surface area (Å²) in [4.78, 5) is 2.50. The van der Waals surface area contributed by atoms with Crippen molar-refractivity contribution in [2.75, 3.05) is 20.3 Å². The molecule has 1 aliphatic heterocycles. The molecule has 3 heteroatoms. The Morgan fingerprint density at radius 1 is 1.44 bits per heavy atom.